The minimum Gasteiger partial charge on any atom is -0.224 e. The minimum atomic E-state index is -3.56. The van der Waals surface area contributed by atoms with Gasteiger partial charge in [0.05, 0.1) is 0 Å². The summed E-state index contributed by atoms with van der Waals surface area (Å²) in [5, 5.41) is 8.40. The van der Waals surface area contributed by atoms with Crippen LogP contribution in [-0.2, 0) is 10.0 Å². The van der Waals surface area contributed by atoms with Gasteiger partial charge in [-0.25, -0.2) is 18.1 Å². The van der Waals surface area contributed by atoms with Crippen molar-refractivity contribution in [2.45, 2.75) is 11.9 Å². The smallest absolute Gasteiger partial charge is 0.224 e. The Morgan fingerprint density at radius 1 is 1.57 bits per heavy atom. The second-order valence-corrected chi connectivity index (χ2v) is 4.19. The van der Waals surface area contributed by atoms with Crippen LogP contribution in [0.4, 0.5) is 0 Å². The Bertz CT molecular complexity index is 462. The predicted molar refractivity (Wildman–Crippen MR) is 49.8 cm³/mol. The first kappa shape index (κ1) is 10.6. The summed E-state index contributed by atoms with van der Waals surface area (Å²) in [5.41, 5.74) is 0.0870. The van der Waals surface area contributed by atoms with Crippen molar-refractivity contribution in [1.82, 2.24) is 9.71 Å². The maximum Gasteiger partial charge on any atom is 0.258 e. The van der Waals surface area contributed by atoms with Gasteiger partial charge in [0.1, 0.15) is 11.8 Å². The average Bonchev–Trinajstić information content (AvgIpc) is 2.18. The van der Waals surface area contributed by atoms with E-state index in [2.05, 4.69) is 9.71 Å². The molecule has 0 aromatic carbocycles. The lowest BCUT2D eigenvalue weighted by Gasteiger charge is -2.02. The number of rotatable bonds is 3. The molecule has 0 spiro atoms. The molecule has 1 rings (SSSR count). The third kappa shape index (κ3) is 2.28. The summed E-state index contributed by atoms with van der Waals surface area (Å²) in [6, 6.07) is 6.06. The zero-order chi connectivity index (χ0) is 10.6. The Hall–Kier alpha value is -1.45. The van der Waals surface area contributed by atoms with Gasteiger partial charge in [0.15, 0.2) is 5.03 Å². The molecule has 1 aromatic rings. The summed E-state index contributed by atoms with van der Waals surface area (Å²) in [5.74, 6) is 0. The topological polar surface area (TPSA) is 82.9 Å². The molecular formula is C8H9N3O2S. The monoisotopic (exact) mass is 211 g/mol. The van der Waals surface area contributed by atoms with E-state index in [-0.39, 0.29) is 10.7 Å². The molecule has 1 aromatic heterocycles. The fourth-order valence-corrected chi connectivity index (χ4v) is 1.89. The van der Waals surface area contributed by atoms with E-state index in [1.54, 1.807) is 13.0 Å². The number of sulfonamides is 1. The summed E-state index contributed by atoms with van der Waals surface area (Å²) in [7, 11) is -3.56. The Balaban J connectivity index is 3.15. The van der Waals surface area contributed by atoms with Crippen molar-refractivity contribution in [2.24, 2.45) is 0 Å². The standard InChI is InChI=1S/C8H9N3O2S/c1-2-10-14(12,13)8-5-3-4-7(6-9)11-8/h3-5,10H,2H2,1H3. The van der Waals surface area contributed by atoms with Crippen LogP contribution in [0.5, 0.6) is 0 Å². The van der Waals surface area contributed by atoms with Gasteiger partial charge >= 0.3 is 0 Å². The van der Waals surface area contributed by atoms with Crippen LogP contribution in [0, 0.1) is 11.3 Å². The Morgan fingerprint density at radius 2 is 2.29 bits per heavy atom. The van der Waals surface area contributed by atoms with E-state index in [0.29, 0.717) is 6.54 Å². The van der Waals surface area contributed by atoms with Crippen LogP contribution in [0.3, 0.4) is 0 Å². The highest BCUT2D eigenvalue weighted by molar-refractivity contribution is 7.89. The van der Waals surface area contributed by atoms with Gasteiger partial charge in [0, 0.05) is 6.54 Å². The summed E-state index contributed by atoms with van der Waals surface area (Å²) in [6.45, 7) is 1.96. The SMILES string of the molecule is CCNS(=O)(=O)c1cccc(C#N)n1. The maximum atomic E-state index is 11.4. The average molecular weight is 211 g/mol. The first-order chi connectivity index (χ1) is 6.60. The molecule has 74 valence electrons. The van der Waals surface area contributed by atoms with E-state index in [1.807, 2.05) is 0 Å². The molecule has 14 heavy (non-hydrogen) atoms. The lowest BCUT2D eigenvalue weighted by atomic mass is 10.4. The van der Waals surface area contributed by atoms with Gasteiger partial charge in [0.25, 0.3) is 10.0 Å². The molecule has 1 heterocycles. The van der Waals surface area contributed by atoms with Crippen LogP contribution in [-0.4, -0.2) is 19.9 Å². The van der Waals surface area contributed by atoms with Gasteiger partial charge in [-0.3, -0.25) is 0 Å². The Labute approximate surface area is 82.4 Å². The summed E-state index contributed by atoms with van der Waals surface area (Å²) in [6.07, 6.45) is 0. The molecule has 0 fully saturated rings. The van der Waals surface area contributed by atoms with Gasteiger partial charge in [-0.1, -0.05) is 13.0 Å². The summed E-state index contributed by atoms with van der Waals surface area (Å²) < 4.78 is 25.1. The van der Waals surface area contributed by atoms with Crippen LogP contribution in [0.2, 0.25) is 0 Å². The first-order valence-corrected chi connectivity index (χ1v) is 5.45. The lowest BCUT2D eigenvalue weighted by molar-refractivity contribution is 0.580. The number of nitriles is 1. The number of hydrogen-bond acceptors (Lipinski definition) is 4. The molecule has 0 aliphatic carbocycles. The highest BCUT2D eigenvalue weighted by Crippen LogP contribution is 2.05. The van der Waals surface area contributed by atoms with Crippen LogP contribution >= 0.6 is 0 Å². The molecule has 0 saturated heterocycles. The Morgan fingerprint density at radius 3 is 2.86 bits per heavy atom. The van der Waals surface area contributed by atoms with Gasteiger partial charge < -0.3 is 0 Å². The van der Waals surface area contributed by atoms with Crippen molar-refractivity contribution in [1.29, 1.82) is 5.26 Å². The fourth-order valence-electron chi connectivity index (χ4n) is 0.891. The number of hydrogen-bond donors (Lipinski definition) is 1. The van der Waals surface area contributed by atoms with Crippen molar-refractivity contribution >= 4 is 10.0 Å². The highest BCUT2D eigenvalue weighted by Gasteiger charge is 2.14. The van der Waals surface area contributed by atoms with E-state index in [4.69, 9.17) is 5.26 Å². The minimum absolute atomic E-state index is 0.0870. The zero-order valence-corrected chi connectivity index (χ0v) is 8.37. The number of pyridine rings is 1. The largest absolute Gasteiger partial charge is 0.258 e. The van der Waals surface area contributed by atoms with Crippen LogP contribution in [0.25, 0.3) is 0 Å². The van der Waals surface area contributed by atoms with E-state index in [0.717, 1.165) is 0 Å². The van der Waals surface area contributed by atoms with Crippen molar-refractivity contribution in [3.05, 3.63) is 23.9 Å². The van der Waals surface area contributed by atoms with E-state index < -0.39 is 10.0 Å². The van der Waals surface area contributed by atoms with E-state index in [9.17, 15) is 8.42 Å². The van der Waals surface area contributed by atoms with E-state index in [1.165, 1.54) is 18.2 Å². The van der Waals surface area contributed by atoms with Gasteiger partial charge in [-0.2, -0.15) is 5.26 Å². The third-order valence-electron chi connectivity index (χ3n) is 1.45. The molecule has 0 atom stereocenters. The maximum absolute atomic E-state index is 11.4. The van der Waals surface area contributed by atoms with Crippen LogP contribution in [0.15, 0.2) is 23.2 Å². The number of nitrogens with zero attached hydrogens (tertiary/aromatic N) is 2. The second kappa shape index (κ2) is 4.17. The van der Waals surface area contributed by atoms with Gasteiger partial charge in [0.2, 0.25) is 0 Å². The second-order valence-electron chi connectivity index (χ2n) is 2.47. The van der Waals surface area contributed by atoms with Gasteiger partial charge in [-0.15, -0.1) is 0 Å². The lowest BCUT2D eigenvalue weighted by Crippen LogP contribution is -2.24. The molecule has 5 nitrogen and oxygen atoms in total. The molecule has 0 amide bonds. The zero-order valence-electron chi connectivity index (χ0n) is 7.56. The van der Waals surface area contributed by atoms with Gasteiger partial charge in [-0.05, 0) is 12.1 Å². The molecule has 0 saturated carbocycles. The highest BCUT2D eigenvalue weighted by atomic mass is 32.2. The Kier molecular flexibility index (Phi) is 3.17. The van der Waals surface area contributed by atoms with Crippen molar-refractivity contribution in [3.8, 4) is 6.07 Å². The molecule has 0 radical (unpaired) electrons. The number of aromatic nitrogens is 1. The third-order valence-corrected chi connectivity index (χ3v) is 2.89. The van der Waals surface area contributed by atoms with E-state index >= 15 is 0 Å². The fraction of sp³-hybridized carbons (Fsp3) is 0.250. The quantitative estimate of drug-likeness (QED) is 0.776. The molecule has 0 aliphatic heterocycles. The molecular weight excluding hydrogens is 202 g/mol. The van der Waals surface area contributed by atoms with Crippen LogP contribution < -0.4 is 4.72 Å². The summed E-state index contributed by atoms with van der Waals surface area (Å²) >= 11 is 0. The van der Waals surface area contributed by atoms with Crippen molar-refractivity contribution in [2.75, 3.05) is 6.54 Å². The van der Waals surface area contributed by atoms with Crippen LogP contribution in [0.1, 0.15) is 12.6 Å². The predicted octanol–water partition coefficient (Wildman–Crippen LogP) is 0.251. The molecule has 0 bridgehead atoms. The molecule has 0 unspecified atom stereocenters. The normalized spacial score (nSPS) is 10.9. The number of nitrogens with one attached hydrogen (secondary N) is 1. The molecule has 0 aliphatic rings. The van der Waals surface area contributed by atoms with Crippen molar-refractivity contribution in [3.63, 3.8) is 0 Å². The van der Waals surface area contributed by atoms with Crippen molar-refractivity contribution < 1.29 is 8.42 Å². The first-order valence-electron chi connectivity index (χ1n) is 3.97. The summed E-state index contributed by atoms with van der Waals surface area (Å²) in [4.78, 5) is 3.67. The molecule has 1 N–H and O–H groups in total. The molecule has 6 heteroatoms.